The van der Waals surface area contributed by atoms with Crippen molar-refractivity contribution in [3.8, 4) is 17.6 Å². The van der Waals surface area contributed by atoms with Crippen LogP contribution < -0.4 is 9.47 Å². The van der Waals surface area contributed by atoms with Crippen LogP contribution in [0.3, 0.4) is 0 Å². The lowest BCUT2D eigenvalue weighted by atomic mass is 10.1. The summed E-state index contributed by atoms with van der Waals surface area (Å²) in [6.45, 7) is 3.48. The first kappa shape index (κ1) is 21.7. The fourth-order valence-electron chi connectivity index (χ4n) is 2.20. The summed E-state index contributed by atoms with van der Waals surface area (Å²) < 4.78 is 15.5. The van der Waals surface area contributed by atoms with Crippen molar-refractivity contribution in [1.29, 1.82) is 5.26 Å². The summed E-state index contributed by atoms with van der Waals surface area (Å²) in [5.74, 6) is -1.33. The number of nitro benzene ring substituents is 1. The molecule has 0 saturated carbocycles. The highest BCUT2D eigenvalue weighted by Crippen LogP contribution is 2.35. The summed E-state index contributed by atoms with van der Waals surface area (Å²) in [6.07, 6.45) is -1.05. The highest BCUT2D eigenvalue weighted by atomic mass is 16.6. The predicted octanol–water partition coefficient (Wildman–Crippen LogP) is 1.92. The fourth-order valence-corrected chi connectivity index (χ4v) is 2.20. The van der Waals surface area contributed by atoms with Gasteiger partial charge in [0.05, 0.1) is 37.2 Å². The minimum atomic E-state index is -1.18. The maximum absolute atomic E-state index is 12.4. The Hall–Kier alpha value is -3.35. The predicted molar refractivity (Wildman–Crippen MR) is 93.6 cm³/mol. The highest BCUT2D eigenvalue weighted by molar-refractivity contribution is 5.96. The van der Waals surface area contributed by atoms with Crippen LogP contribution in [0.15, 0.2) is 12.1 Å². The minimum Gasteiger partial charge on any atom is -0.493 e. The van der Waals surface area contributed by atoms with Crippen LogP contribution in [-0.4, -0.2) is 55.1 Å². The van der Waals surface area contributed by atoms with Gasteiger partial charge in [0.15, 0.2) is 17.6 Å². The molecule has 0 saturated heterocycles. The van der Waals surface area contributed by atoms with Gasteiger partial charge in [0.25, 0.3) is 11.6 Å². The second kappa shape index (κ2) is 9.96. The van der Waals surface area contributed by atoms with Crippen molar-refractivity contribution in [2.24, 2.45) is 0 Å². The van der Waals surface area contributed by atoms with E-state index in [2.05, 4.69) is 0 Å². The molecule has 1 atom stereocenters. The summed E-state index contributed by atoms with van der Waals surface area (Å²) in [7, 11) is 2.78. The number of carbonyl (C=O) groups is 2. The Morgan fingerprint density at radius 3 is 2.56 bits per heavy atom. The van der Waals surface area contributed by atoms with E-state index in [1.165, 1.54) is 26.0 Å². The zero-order valence-corrected chi connectivity index (χ0v) is 15.6. The third-order valence-corrected chi connectivity index (χ3v) is 3.57. The van der Waals surface area contributed by atoms with Crippen molar-refractivity contribution < 1.29 is 28.7 Å². The van der Waals surface area contributed by atoms with Gasteiger partial charge in [-0.25, -0.2) is 4.79 Å². The lowest BCUT2D eigenvalue weighted by Crippen LogP contribution is -2.38. The molecule has 0 radical (unpaired) electrons. The van der Waals surface area contributed by atoms with Crippen molar-refractivity contribution in [3.05, 3.63) is 27.8 Å². The zero-order valence-electron chi connectivity index (χ0n) is 15.6. The Bertz CT molecular complexity index is 758. The quantitative estimate of drug-likeness (QED) is 0.361. The average molecular weight is 379 g/mol. The molecule has 0 spiro atoms. The van der Waals surface area contributed by atoms with Crippen LogP contribution in [0.1, 0.15) is 30.6 Å². The Morgan fingerprint density at radius 1 is 1.37 bits per heavy atom. The van der Waals surface area contributed by atoms with Crippen LogP contribution in [0.4, 0.5) is 5.69 Å². The van der Waals surface area contributed by atoms with Gasteiger partial charge in [-0.2, -0.15) is 5.26 Å². The standard InChI is InChI=1S/C17H21N3O7/c1-5-26-15-9-12(13(20(23)24)10-14(15)25-4)17(22)27-11(2)16(21)19(3)8-6-7-18/h9-11H,5-6,8H2,1-4H3/t11-/m1/s1. The minimum absolute atomic E-state index is 0.0976. The second-order valence-electron chi connectivity index (χ2n) is 5.43. The SMILES string of the molecule is CCOc1cc(C(=O)O[C@H](C)C(=O)N(C)CCC#N)c([N+](=O)[O-])cc1OC. The number of rotatable bonds is 9. The molecule has 10 heteroatoms. The van der Waals surface area contributed by atoms with E-state index in [4.69, 9.17) is 19.5 Å². The third-order valence-electron chi connectivity index (χ3n) is 3.57. The van der Waals surface area contributed by atoms with Crippen molar-refractivity contribution in [1.82, 2.24) is 4.90 Å². The van der Waals surface area contributed by atoms with Crippen molar-refractivity contribution >= 4 is 17.6 Å². The maximum Gasteiger partial charge on any atom is 0.346 e. The van der Waals surface area contributed by atoms with Crippen LogP contribution in [0.5, 0.6) is 11.5 Å². The molecule has 0 aromatic heterocycles. The van der Waals surface area contributed by atoms with E-state index in [0.717, 1.165) is 12.1 Å². The number of nitriles is 1. The molecule has 0 N–H and O–H groups in total. The van der Waals surface area contributed by atoms with Gasteiger partial charge in [-0.05, 0) is 13.8 Å². The largest absolute Gasteiger partial charge is 0.493 e. The van der Waals surface area contributed by atoms with E-state index < -0.39 is 28.6 Å². The number of hydrogen-bond donors (Lipinski definition) is 0. The molecule has 0 unspecified atom stereocenters. The van der Waals surface area contributed by atoms with E-state index in [0.29, 0.717) is 0 Å². The maximum atomic E-state index is 12.4. The Kier molecular flexibility index (Phi) is 8.00. The summed E-state index contributed by atoms with van der Waals surface area (Å²) in [6, 6.07) is 4.12. The molecule has 0 aliphatic heterocycles. The average Bonchev–Trinajstić information content (AvgIpc) is 2.64. The zero-order chi connectivity index (χ0) is 20.6. The highest BCUT2D eigenvalue weighted by Gasteiger charge is 2.29. The molecular formula is C17H21N3O7. The first-order chi connectivity index (χ1) is 12.8. The van der Waals surface area contributed by atoms with E-state index in [1.54, 1.807) is 6.92 Å². The molecule has 0 aliphatic rings. The van der Waals surface area contributed by atoms with E-state index >= 15 is 0 Å². The molecule has 0 fully saturated rings. The summed E-state index contributed by atoms with van der Waals surface area (Å²) >= 11 is 0. The first-order valence-corrected chi connectivity index (χ1v) is 8.08. The molecule has 146 valence electrons. The van der Waals surface area contributed by atoms with Crippen molar-refractivity contribution in [2.75, 3.05) is 27.3 Å². The van der Waals surface area contributed by atoms with Crippen LogP contribution in [0, 0.1) is 21.4 Å². The number of carbonyl (C=O) groups excluding carboxylic acids is 2. The molecular weight excluding hydrogens is 358 g/mol. The lowest BCUT2D eigenvalue weighted by Gasteiger charge is -2.20. The normalized spacial score (nSPS) is 11.1. The molecule has 1 rings (SSSR count). The first-order valence-electron chi connectivity index (χ1n) is 8.08. The van der Waals surface area contributed by atoms with E-state index in [9.17, 15) is 19.7 Å². The molecule has 1 aromatic rings. The number of benzene rings is 1. The number of esters is 1. The molecule has 1 amide bonds. The molecule has 0 aliphatic carbocycles. The molecule has 10 nitrogen and oxygen atoms in total. The Morgan fingerprint density at radius 2 is 2.04 bits per heavy atom. The van der Waals surface area contributed by atoms with E-state index in [1.807, 2.05) is 6.07 Å². The van der Waals surface area contributed by atoms with Gasteiger partial charge in [-0.15, -0.1) is 0 Å². The monoisotopic (exact) mass is 379 g/mol. The van der Waals surface area contributed by atoms with Crippen molar-refractivity contribution in [2.45, 2.75) is 26.4 Å². The molecule has 27 heavy (non-hydrogen) atoms. The topological polar surface area (TPSA) is 132 Å². The van der Waals surface area contributed by atoms with Crippen LogP contribution in [-0.2, 0) is 9.53 Å². The molecule has 1 aromatic carbocycles. The number of ether oxygens (including phenoxy) is 3. The number of amides is 1. The summed E-state index contributed by atoms with van der Waals surface area (Å²) in [5.41, 5.74) is -0.888. The third kappa shape index (κ3) is 5.57. The van der Waals surface area contributed by atoms with Gasteiger partial charge in [-0.3, -0.25) is 14.9 Å². The van der Waals surface area contributed by atoms with Gasteiger partial charge in [0.1, 0.15) is 5.56 Å². The van der Waals surface area contributed by atoms with E-state index in [-0.39, 0.29) is 36.6 Å². The van der Waals surface area contributed by atoms with Gasteiger partial charge in [0, 0.05) is 19.7 Å². The molecule has 0 heterocycles. The fraction of sp³-hybridized carbons (Fsp3) is 0.471. The second-order valence-corrected chi connectivity index (χ2v) is 5.43. The number of nitro groups is 1. The van der Waals surface area contributed by atoms with Crippen LogP contribution in [0.25, 0.3) is 0 Å². The van der Waals surface area contributed by atoms with Crippen molar-refractivity contribution in [3.63, 3.8) is 0 Å². The number of methoxy groups -OCH3 is 1. The van der Waals surface area contributed by atoms with Gasteiger partial charge in [0.2, 0.25) is 0 Å². The Labute approximate surface area is 156 Å². The smallest absolute Gasteiger partial charge is 0.346 e. The summed E-state index contributed by atoms with van der Waals surface area (Å²) in [5, 5.41) is 19.9. The number of likely N-dealkylation sites (N-methyl/N-ethyl adjacent to an activating group) is 1. The summed E-state index contributed by atoms with van der Waals surface area (Å²) in [4.78, 5) is 36.4. The lowest BCUT2D eigenvalue weighted by molar-refractivity contribution is -0.385. The van der Waals surface area contributed by atoms with Gasteiger partial charge >= 0.3 is 5.97 Å². The Balaban J connectivity index is 3.11. The van der Waals surface area contributed by atoms with Gasteiger partial charge < -0.3 is 19.1 Å². The van der Waals surface area contributed by atoms with Crippen LogP contribution in [0.2, 0.25) is 0 Å². The van der Waals surface area contributed by atoms with Crippen LogP contribution >= 0.6 is 0 Å². The number of hydrogen-bond acceptors (Lipinski definition) is 8. The number of nitrogens with zero attached hydrogens (tertiary/aromatic N) is 3. The van der Waals surface area contributed by atoms with Gasteiger partial charge in [-0.1, -0.05) is 0 Å². The molecule has 0 bridgehead atoms.